The van der Waals surface area contributed by atoms with Crippen LogP contribution in [-0.2, 0) is 5.75 Å². The number of imidazole rings is 1. The zero-order valence-electron chi connectivity index (χ0n) is 9.45. The number of rotatable bonds is 4. The van der Waals surface area contributed by atoms with E-state index in [9.17, 15) is 4.79 Å². The standard InChI is InChI=1S/C13H10N2OS2/c16-8-11-12(14-13-15(11)6-7-17-13)18-9-10-4-2-1-3-5-10/h1-8H,9H2. The van der Waals surface area contributed by atoms with E-state index in [1.54, 1.807) is 11.8 Å². The summed E-state index contributed by atoms with van der Waals surface area (Å²) in [5, 5.41) is 2.74. The van der Waals surface area contributed by atoms with Crippen LogP contribution in [0.15, 0.2) is 46.9 Å². The molecule has 0 saturated carbocycles. The van der Waals surface area contributed by atoms with Crippen LogP contribution < -0.4 is 0 Å². The summed E-state index contributed by atoms with van der Waals surface area (Å²) in [6.45, 7) is 0. The second-order valence-electron chi connectivity index (χ2n) is 3.75. The number of thioether (sulfide) groups is 1. The van der Waals surface area contributed by atoms with Crippen LogP contribution in [0.3, 0.4) is 0 Å². The van der Waals surface area contributed by atoms with Gasteiger partial charge in [0.1, 0.15) is 10.7 Å². The molecule has 0 aliphatic carbocycles. The van der Waals surface area contributed by atoms with Gasteiger partial charge in [-0.3, -0.25) is 9.20 Å². The van der Waals surface area contributed by atoms with Crippen LogP contribution in [0, 0.1) is 0 Å². The third-order valence-corrected chi connectivity index (χ3v) is 4.40. The minimum absolute atomic E-state index is 0.646. The Balaban J connectivity index is 1.86. The average molecular weight is 274 g/mol. The fourth-order valence-electron chi connectivity index (χ4n) is 1.72. The van der Waals surface area contributed by atoms with Crippen molar-refractivity contribution >= 4 is 34.3 Å². The first-order valence-electron chi connectivity index (χ1n) is 5.46. The van der Waals surface area contributed by atoms with Crippen molar-refractivity contribution in [3.63, 3.8) is 0 Å². The van der Waals surface area contributed by atoms with E-state index in [0.29, 0.717) is 5.69 Å². The maximum atomic E-state index is 11.1. The number of hydrogen-bond acceptors (Lipinski definition) is 4. The Morgan fingerprint density at radius 1 is 1.33 bits per heavy atom. The minimum atomic E-state index is 0.646. The van der Waals surface area contributed by atoms with Gasteiger partial charge < -0.3 is 0 Å². The molecule has 18 heavy (non-hydrogen) atoms. The molecule has 0 aliphatic heterocycles. The molecular formula is C13H10N2OS2. The van der Waals surface area contributed by atoms with E-state index in [-0.39, 0.29) is 0 Å². The zero-order chi connectivity index (χ0) is 12.4. The molecular weight excluding hydrogens is 264 g/mol. The quantitative estimate of drug-likeness (QED) is 0.539. The highest BCUT2D eigenvalue weighted by atomic mass is 32.2. The predicted molar refractivity (Wildman–Crippen MR) is 74.5 cm³/mol. The van der Waals surface area contributed by atoms with E-state index >= 15 is 0 Å². The molecule has 0 N–H and O–H groups in total. The lowest BCUT2D eigenvalue weighted by Crippen LogP contribution is -1.89. The van der Waals surface area contributed by atoms with Crippen LogP contribution in [0.5, 0.6) is 0 Å². The molecule has 0 atom stereocenters. The number of carbonyl (C=O) groups excluding carboxylic acids is 1. The highest BCUT2D eigenvalue weighted by Gasteiger charge is 2.12. The van der Waals surface area contributed by atoms with Crippen molar-refractivity contribution in [2.75, 3.05) is 0 Å². The molecule has 0 bridgehead atoms. The first-order chi connectivity index (χ1) is 8.88. The molecule has 0 saturated heterocycles. The van der Waals surface area contributed by atoms with Crippen molar-refractivity contribution in [2.45, 2.75) is 10.8 Å². The highest BCUT2D eigenvalue weighted by Crippen LogP contribution is 2.27. The first kappa shape index (κ1) is 11.5. The summed E-state index contributed by atoms with van der Waals surface area (Å²) in [7, 11) is 0. The molecule has 0 amide bonds. The van der Waals surface area contributed by atoms with E-state index in [0.717, 1.165) is 22.0 Å². The van der Waals surface area contributed by atoms with E-state index in [4.69, 9.17) is 0 Å². The van der Waals surface area contributed by atoms with Crippen molar-refractivity contribution in [2.24, 2.45) is 0 Å². The van der Waals surface area contributed by atoms with Crippen molar-refractivity contribution in [1.29, 1.82) is 0 Å². The second-order valence-corrected chi connectivity index (χ2v) is 5.59. The monoisotopic (exact) mass is 274 g/mol. The maximum Gasteiger partial charge on any atom is 0.195 e. The molecule has 0 aliphatic rings. The van der Waals surface area contributed by atoms with Gasteiger partial charge >= 0.3 is 0 Å². The van der Waals surface area contributed by atoms with Gasteiger partial charge in [0.25, 0.3) is 0 Å². The summed E-state index contributed by atoms with van der Waals surface area (Å²) in [5.74, 6) is 0.826. The number of aromatic nitrogens is 2. The fraction of sp³-hybridized carbons (Fsp3) is 0.0769. The molecule has 3 aromatic rings. The average Bonchev–Trinajstić information content (AvgIpc) is 2.97. The Hall–Kier alpha value is -1.59. The third-order valence-electron chi connectivity index (χ3n) is 2.60. The zero-order valence-corrected chi connectivity index (χ0v) is 11.1. The molecule has 3 rings (SSSR count). The van der Waals surface area contributed by atoms with Gasteiger partial charge in [-0.15, -0.1) is 11.3 Å². The smallest absolute Gasteiger partial charge is 0.195 e. The van der Waals surface area contributed by atoms with Crippen LogP contribution >= 0.6 is 23.1 Å². The molecule has 0 fully saturated rings. The molecule has 90 valence electrons. The SMILES string of the molecule is O=Cc1c(SCc2ccccc2)nc2sccn12. The number of carbonyl (C=O) groups is 1. The normalized spacial score (nSPS) is 10.9. The Bertz CT molecular complexity index is 673. The Kier molecular flexibility index (Phi) is 3.17. The molecule has 2 heterocycles. The summed E-state index contributed by atoms with van der Waals surface area (Å²) >= 11 is 3.14. The fourth-order valence-corrected chi connectivity index (χ4v) is 3.44. The Morgan fingerprint density at radius 2 is 2.17 bits per heavy atom. The number of hydrogen-bond donors (Lipinski definition) is 0. The van der Waals surface area contributed by atoms with Crippen molar-refractivity contribution in [1.82, 2.24) is 9.38 Å². The summed E-state index contributed by atoms with van der Waals surface area (Å²) < 4.78 is 1.84. The molecule has 0 unspecified atom stereocenters. The van der Waals surface area contributed by atoms with Gasteiger partial charge in [-0.05, 0) is 5.56 Å². The van der Waals surface area contributed by atoms with Crippen molar-refractivity contribution < 1.29 is 4.79 Å². The van der Waals surface area contributed by atoms with E-state index in [1.165, 1.54) is 16.9 Å². The van der Waals surface area contributed by atoms with Crippen LogP contribution in [0.1, 0.15) is 16.1 Å². The lowest BCUT2D eigenvalue weighted by Gasteiger charge is -1.99. The largest absolute Gasteiger partial charge is 0.296 e. The van der Waals surface area contributed by atoms with Gasteiger partial charge in [-0.2, -0.15) is 0 Å². The molecule has 2 aromatic heterocycles. The summed E-state index contributed by atoms with van der Waals surface area (Å²) in [6, 6.07) is 10.2. The number of fused-ring (bicyclic) bond motifs is 1. The van der Waals surface area contributed by atoms with Crippen molar-refractivity contribution in [3.8, 4) is 0 Å². The Labute approximate surface area is 112 Å². The summed E-state index contributed by atoms with van der Waals surface area (Å²) in [4.78, 5) is 16.5. The third kappa shape index (κ3) is 2.07. The molecule has 5 heteroatoms. The van der Waals surface area contributed by atoms with Crippen molar-refractivity contribution in [3.05, 3.63) is 53.2 Å². The molecule has 0 radical (unpaired) electrons. The van der Waals surface area contributed by atoms with Gasteiger partial charge in [0.2, 0.25) is 0 Å². The van der Waals surface area contributed by atoms with Gasteiger partial charge in [0.15, 0.2) is 11.2 Å². The lowest BCUT2D eigenvalue weighted by molar-refractivity contribution is 0.111. The lowest BCUT2D eigenvalue weighted by atomic mass is 10.2. The summed E-state index contributed by atoms with van der Waals surface area (Å²) in [5.41, 5.74) is 1.88. The van der Waals surface area contributed by atoms with E-state index in [1.807, 2.05) is 34.2 Å². The number of nitrogens with zero attached hydrogens (tertiary/aromatic N) is 2. The van der Waals surface area contributed by atoms with Gasteiger partial charge in [-0.25, -0.2) is 4.98 Å². The topological polar surface area (TPSA) is 34.4 Å². The molecule has 1 aromatic carbocycles. The van der Waals surface area contributed by atoms with Crippen LogP contribution in [0.25, 0.3) is 4.96 Å². The predicted octanol–water partition coefficient (Wildman–Crippen LogP) is 3.50. The number of thiazole rings is 1. The Morgan fingerprint density at radius 3 is 2.94 bits per heavy atom. The summed E-state index contributed by atoms with van der Waals surface area (Å²) in [6.07, 6.45) is 2.75. The van der Waals surface area contributed by atoms with Gasteiger partial charge in [-0.1, -0.05) is 42.1 Å². The van der Waals surface area contributed by atoms with E-state index < -0.39 is 0 Å². The van der Waals surface area contributed by atoms with Gasteiger partial charge in [0.05, 0.1) is 0 Å². The second kappa shape index (κ2) is 4.96. The van der Waals surface area contributed by atoms with Crippen LogP contribution in [0.4, 0.5) is 0 Å². The maximum absolute atomic E-state index is 11.1. The number of aldehydes is 1. The number of benzene rings is 1. The highest BCUT2D eigenvalue weighted by molar-refractivity contribution is 7.98. The van der Waals surface area contributed by atoms with Crippen LogP contribution in [0.2, 0.25) is 0 Å². The molecule has 0 spiro atoms. The van der Waals surface area contributed by atoms with Gasteiger partial charge in [0, 0.05) is 17.3 Å². The minimum Gasteiger partial charge on any atom is -0.296 e. The van der Waals surface area contributed by atoms with Crippen LogP contribution in [-0.4, -0.2) is 15.7 Å². The first-order valence-corrected chi connectivity index (χ1v) is 7.32. The van der Waals surface area contributed by atoms with E-state index in [2.05, 4.69) is 17.1 Å². The molecule has 3 nitrogen and oxygen atoms in total.